The molecule has 2 unspecified atom stereocenters. The van der Waals surface area contributed by atoms with Gasteiger partial charge in [-0.15, -0.1) is 0 Å². The van der Waals surface area contributed by atoms with Gasteiger partial charge >= 0.3 is 12.0 Å². The lowest BCUT2D eigenvalue weighted by molar-refractivity contribution is 0.0390. The third-order valence-corrected chi connectivity index (χ3v) is 6.59. The maximum atomic E-state index is 13.3. The van der Waals surface area contributed by atoms with Crippen LogP contribution >= 0.6 is 0 Å². The van der Waals surface area contributed by atoms with E-state index in [1.807, 2.05) is 42.2 Å². The molecule has 0 aromatic heterocycles. The van der Waals surface area contributed by atoms with Crippen molar-refractivity contribution in [1.82, 2.24) is 15.1 Å². The fourth-order valence-electron chi connectivity index (χ4n) is 4.78. The van der Waals surface area contributed by atoms with Crippen LogP contribution in [0.1, 0.15) is 51.1 Å². The number of piperidine rings is 1. The number of rotatable bonds is 5. The number of amides is 3. The fraction of sp³-hybridized carbons (Fsp3) is 0.423. The highest BCUT2D eigenvalue weighted by Crippen LogP contribution is 2.30. The summed E-state index contributed by atoms with van der Waals surface area (Å²) in [5.74, 6) is -1.13. The maximum absolute atomic E-state index is 13.3. The molecule has 2 N–H and O–H groups in total. The van der Waals surface area contributed by atoms with Crippen LogP contribution in [0, 0.1) is 0 Å². The van der Waals surface area contributed by atoms with Gasteiger partial charge in [0.05, 0.1) is 18.8 Å². The van der Waals surface area contributed by atoms with Crippen LogP contribution in [0.4, 0.5) is 4.79 Å². The van der Waals surface area contributed by atoms with Gasteiger partial charge in [-0.05, 0) is 42.2 Å². The van der Waals surface area contributed by atoms with Gasteiger partial charge in [-0.25, -0.2) is 9.59 Å². The first kappa shape index (κ1) is 23.8. The van der Waals surface area contributed by atoms with Crippen molar-refractivity contribution >= 4 is 17.9 Å². The molecule has 0 spiro atoms. The Morgan fingerprint density at radius 1 is 1.03 bits per heavy atom. The Bertz CT molecular complexity index is 1040. The van der Waals surface area contributed by atoms with Gasteiger partial charge in [0.1, 0.15) is 0 Å². The summed E-state index contributed by atoms with van der Waals surface area (Å²) in [6.45, 7) is 5.02. The molecule has 180 valence electrons. The van der Waals surface area contributed by atoms with Gasteiger partial charge in [-0.2, -0.15) is 0 Å². The molecule has 2 heterocycles. The van der Waals surface area contributed by atoms with Crippen LogP contribution in [0.5, 0.6) is 0 Å². The number of morpholine rings is 1. The minimum absolute atomic E-state index is 0.0204. The van der Waals surface area contributed by atoms with Crippen LogP contribution in [0.15, 0.2) is 48.5 Å². The number of nitrogens with zero attached hydrogens (tertiary/aromatic N) is 2. The molecule has 2 atom stereocenters. The zero-order valence-corrected chi connectivity index (χ0v) is 19.4. The van der Waals surface area contributed by atoms with E-state index in [0.29, 0.717) is 63.4 Å². The van der Waals surface area contributed by atoms with Crippen molar-refractivity contribution < 1.29 is 24.2 Å². The first-order chi connectivity index (χ1) is 16.5. The van der Waals surface area contributed by atoms with Crippen molar-refractivity contribution in [2.45, 2.75) is 31.7 Å². The van der Waals surface area contributed by atoms with E-state index in [4.69, 9.17) is 4.74 Å². The van der Waals surface area contributed by atoms with Crippen LogP contribution in [0.3, 0.4) is 0 Å². The lowest BCUT2D eigenvalue weighted by Gasteiger charge is -2.41. The Hall–Kier alpha value is -3.39. The van der Waals surface area contributed by atoms with Gasteiger partial charge in [0, 0.05) is 43.7 Å². The number of aromatic carboxylic acids is 1. The number of hydrogen-bond acceptors (Lipinski definition) is 4. The van der Waals surface area contributed by atoms with Crippen molar-refractivity contribution in [3.8, 4) is 0 Å². The SMILES string of the molecule is CCc1cc(C2CC(NC(=O)c3ccccc3)CN(C(=O)N3CCOCC3)C2)ccc1C(=O)O. The minimum Gasteiger partial charge on any atom is -0.478 e. The topological polar surface area (TPSA) is 99.2 Å². The highest BCUT2D eigenvalue weighted by atomic mass is 16.5. The number of ether oxygens (including phenoxy) is 1. The van der Waals surface area contributed by atoms with Gasteiger partial charge in [0.25, 0.3) is 5.91 Å². The number of hydrogen-bond donors (Lipinski definition) is 2. The molecule has 0 bridgehead atoms. The molecular formula is C26H31N3O5. The molecule has 2 aromatic carbocycles. The summed E-state index contributed by atoms with van der Waals surface area (Å²) in [5, 5.41) is 12.6. The van der Waals surface area contributed by atoms with Crippen molar-refractivity contribution in [2.75, 3.05) is 39.4 Å². The number of carbonyl (C=O) groups excluding carboxylic acids is 2. The number of aryl methyl sites for hydroxylation is 1. The second-order valence-electron chi connectivity index (χ2n) is 8.83. The number of benzene rings is 2. The zero-order valence-electron chi connectivity index (χ0n) is 19.4. The van der Waals surface area contributed by atoms with Crippen LogP contribution < -0.4 is 5.32 Å². The van der Waals surface area contributed by atoms with Crippen molar-refractivity contribution in [3.05, 3.63) is 70.8 Å². The molecule has 34 heavy (non-hydrogen) atoms. The van der Waals surface area contributed by atoms with Crippen LogP contribution in [-0.4, -0.2) is 78.2 Å². The van der Waals surface area contributed by atoms with Crippen LogP contribution in [0.25, 0.3) is 0 Å². The van der Waals surface area contributed by atoms with Gasteiger partial charge < -0.3 is 25.0 Å². The average molecular weight is 466 g/mol. The summed E-state index contributed by atoms with van der Waals surface area (Å²) in [5.41, 5.74) is 2.64. The lowest BCUT2D eigenvalue weighted by Crippen LogP contribution is -2.56. The first-order valence-corrected chi connectivity index (χ1v) is 11.8. The molecule has 3 amide bonds. The third kappa shape index (κ3) is 5.39. The maximum Gasteiger partial charge on any atom is 0.335 e. The molecule has 2 aliphatic heterocycles. The summed E-state index contributed by atoms with van der Waals surface area (Å²) in [6, 6.07) is 14.2. The molecule has 2 aromatic rings. The number of likely N-dealkylation sites (tertiary alicyclic amines) is 1. The molecular weight excluding hydrogens is 434 g/mol. The summed E-state index contributed by atoms with van der Waals surface area (Å²) < 4.78 is 5.39. The Morgan fingerprint density at radius 2 is 1.76 bits per heavy atom. The Balaban J connectivity index is 1.58. The van der Waals surface area contributed by atoms with Gasteiger partial charge in [-0.1, -0.05) is 37.3 Å². The lowest BCUT2D eigenvalue weighted by atomic mass is 9.86. The third-order valence-electron chi connectivity index (χ3n) is 6.59. The molecule has 2 fully saturated rings. The van der Waals surface area contributed by atoms with Gasteiger partial charge in [0.15, 0.2) is 0 Å². The van der Waals surface area contributed by atoms with Crippen LogP contribution in [0.2, 0.25) is 0 Å². The summed E-state index contributed by atoms with van der Waals surface area (Å²) in [7, 11) is 0. The number of carbonyl (C=O) groups is 3. The average Bonchev–Trinajstić information content (AvgIpc) is 2.88. The van der Waals surface area contributed by atoms with E-state index in [2.05, 4.69) is 5.32 Å². The largest absolute Gasteiger partial charge is 0.478 e. The Labute approximate surface area is 199 Å². The van der Waals surface area contributed by atoms with Crippen molar-refractivity contribution in [1.29, 1.82) is 0 Å². The summed E-state index contributed by atoms with van der Waals surface area (Å²) >= 11 is 0. The van der Waals surface area contributed by atoms with Crippen LogP contribution in [-0.2, 0) is 11.2 Å². The predicted molar refractivity (Wildman–Crippen MR) is 127 cm³/mol. The second kappa shape index (κ2) is 10.7. The minimum atomic E-state index is -0.941. The van der Waals surface area contributed by atoms with E-state index >= 15 is 0 Å². The van der Waals surface area contributed by atoms with Crippen molar-refractivity contribution in [2.24, 2.45) is 0 Å². The molecule has 8 nitrogen and oxygen atoms in total. The van der Waals surface area contributed by atoms with Gasteiger partial charge in [-0.3, -0.25) is 4.79 Å². The number of carboxylic acids is 1. The normalized spacial score (nSPS) is 20.6. The number of urea groups is 1. The number of nitrogens with one attached hydrogen (secondary N) is 1. The van der Waals surface area contributed by atoms with E-state index in [1.165, 1.54) is 0 Å². The van der Waals surface area contributed by atoms with Gasteiger partial charge in [0.2, 0.25) is 0 Å². The molecule has 0 radical (unpaired) electrons. The zero-order chi connectivity index (χ0) is 24.1. The Morgan fingerprint density at radius 3 is 2.44 bits per heavy atom. The second-order valence-corrected chi connectivity index (χ2v) is 8.83. The molecule has 2 saturated heterocycles. The highest BCUT2D eigenvalue weighted by Gasteiger charge is 2.34. The van der Waals surface area contributed by atoms with E-state index < -0.39 is 5.97 Å². The highest BCUT2D eigenvalue weighted by molar-refractivity contribution is 5.94. The standard InChI is InChI=1S/C26H31N3O5/c1-2-18-14-20(8-9-23(18)25(31)32)21-15-22(27-24(30)19-6-4-3-5-7-19)17-29(16-21)26(33)28-10-12-34-13-11-28/h3-9,14,21-22H,2,10-13,15-17H2,1H3,(H,27,30)(H,31,32). The van der Waals surface area contributed by atoms with E-state index in [1.54, 1.807) is 23.1 Å². The van der Waals surface area contributed by atoms with E-state index in [-0.39, 0.29) is 23.9 Å². The molecule has 4 rings (SSSR count). The molecule has 2 aliphatic rings. The summed E-state index contributed by atoms with van der Waals surface area (Å²) in [4.78, 5) is 41.3. The molecule has 0 aliphatic carbocycles. The molecule has 8 heteroatoms. The van der Waals surface area contributed by atoms with E-state index in [9.17, 15) is 19.5 Å². The monoisotopic (exact) mass is 465 g/mol. The fourth-order valence-corrected chi connectivity index (χ4v) is 4.78. The number of carboxylic acid groups (broad SMARTS) is 1. The smallest absolute Gasteiger partial charge is 0.335 e. The summed E-state index contributed by atoms with van der Waals surface area (Å²) in [6.07, 6.45) is 1.27. The first-order valence-electron chi connectivity index (χ1n) is 11.8. The predicted octanol–water partition coefficient (Wildman–Crippen LogP) is 2.99. The Kier molecular flexibility index (Phi) is 7.47. The molecule has 0 saturated carbocycles. The van der Waals surface area contributed by atoms with E-state index in [0.717, 1.165) is 11.1 Å². The van der Waals surface area contributed by atoms with Crippen molar-refractivity contribution in [3.63, 3.8) is 0 Å². The quantitative estimate of drug-likeness (QED) is 0.707.